The minimum atomic E-state index is -3.65. The first kappa shape index (κ1) is 27.1. The van der Waals surface area contributed by atoms with Crippen molar-refractivity contribution < 1.29 is 27.4 Å². The minimum Gasteiger partial charge on any atom is -0.491 e. The van der Waals surface area contributed by atoms with Crippen LogP contribution in [0.5, 0.6) is 5.75 Å². The van der Waals surface area contributed by atoms with Crippen molar-refractivity contribution in [1.82, 2.24) is 4.98 Å². The normalized spacial score (nSPS) is 14.7. The van der Waals surface area contributed by atoms with Crippen molar-refractivity contribution in [3.8, 4) is 5.75 Å². The van der Waals surface area contributed by atoms with E-state index in [0.29, 0.717) is 29.9 Å². The molecule has 0 aliphatic rings. The molecule has 190 valence electrons. The monoisotopic (exact) mass is 510 g/mol. The number of aromatic nitrogens is 1. The molecule has 0 aliphatic heterocycles. The number of nitrogens with zero attached hydrogens (tertiary/aromatic N) is 1. The number of benzene rings is 2. The molecule has 2 N–H and O–H groups in total. The molecule has 1 heterocycles. The second-order valence-corrected chi connectivity index (χ2v) is 10.3. The van der Waals surface area contributed by atoms with Crippen molar-refractivity contribution in [1.29, 1.82) is 0 Å². The van der Waals surface area contributed by atoms with Crippen LogP contribution in [-0.2, 0) is 6.42 Å². The van der Waals surface area contributed by atoms with Crippen molar-refractivity contribution in [3.05, 3.63) is 65.4 Å². The fraction of sp³-hybridized carbons (Fsp3) is 0.423. The SMILES string of the molecule is CCc1ccc2c(NC(c3ccc(F)c(OC)c3F)C(O)(CSC(C)C)C(C)(F)F)cccc2n1. The largest absolute Gasteiger partial charge is 0.491 e. The number of aryl methyl sites for hydroxylation is 1. The molecule has 0 radical (unpaired) electrons. The van der Waals surface area contributed by atoms with E-state index in [9.17, 15) is 9.50 Å². The molecular formula is C26H30F4N2O2S. The van der Waals surface area contributed by atoms with Gasteiger partial charge in [-0.2, -0.15) is 11.8 Å². The quantitative estimate of drug-likeness (QED) is 0.295. The van der Waals surface area contributed by atoms with Crippen LogP contribution in [0.2, 0.25) is 0 Å². The van der Waals surface area contributed by atoms with Crippen LogP contribution >= 0.6 is 11.8 Å². The van der Waals surface area contributed by atoms with Gasteiger partial charge in [-0.3, -0.25) is 4.98 Å². The molecular weight excluding hydrogens is 480 g/mol. The Morgan fingerprint density at radius 3 is 2.43 bits per heavy atom. The zero-order valence-electron chi connectivity index (χ0n) is 20.3. The summed E-state index contributed by atoms with van der Waals surface area (Å²) in [4.78, 5) is 4.56. The zero-order valence-corrected chi connectivity index (χ0v) is 21.1. The summed E-state index contributed by atoms with van der Waals surface area (Å²) in [6, 6.07) is 9.08. The highest BCUT2D eigenvalue weighted by Crippen LogP contribution is 2.45. The van der Waals surface area contributed by atoms with Gasteiger partial charge in [0.15, 0.2) is 23.0 Å². The highest BCUT2D eigenvalue weighted by atomic mass is 32.2. The third-order valence-corrected chi connectivity index (χ3v) is 7.19. The van der Waals surface area contributed by atoms with E-state index in [4.69, 9.17) is 4.74 Å². The van der Waals surface area contributed by atoms with Gasteiger partial charge in [-0.1, -0.05) is 32.9 Å². The highest BCUT2D eigenvalue weighted by molar-refractivity contribution is 7.99. The van der Waals surface area contributed by atoms with Crippen molar-refractivity contribution in [2.24, 2.45) is 0 Å². The summed E-state index contributed by atoms with van der Waals surface area (Å²) < 4.78 is 64.7. The van der Waals surface area contributed by atoms with Gasteiger partial charge in [0.1, 0.15) is 0 Å². The minimum absolute atomic E-state index is 0.0775. The molecule has 2 unspecified atom stereocenters. The van der Waals surface area contributed by atoms with Gasteiger partial charge in [0, 0.05) is 35.0 Å². The number of hydrogen-bond donors (Lipinski definition) is 2. The molecule has 1 aromatic heterocycles. The molecule has 9 heteroatoms. The lowest BCUT2D eigenvalue weighted by atomic mass is 9.84. The van der Waals surface area contributed by atoms with E-state index >= 15 is 13.2 Å². The standard InChI is InChI=1S/C26H30F4N2O2S/c1-6-16-10-11-17-20(31-16)8-7-9-21(17)32-24(18-12-13-19(27)23(34-5)22(18)28)26(33,25(4,29)30)14-35-15(2)3/h7-13,15,24,32-33H,6,14H2,1-5H3. The number of nitrogens with one attached hydrogen (secondary N) is 1. The number of anilines is 1. The van der Waals surface area contributed by atoms with Gasteiger partial charge >= 0.3 is 0 Å². The number of rotatable bonds is 10. The second kappa shape index (κ2) is 10.6. The summed E-state index contributed by atoms with van der Waals surface area (Å²) in [5, 5.41) is 15.0. The molecule has 35 heavy (non-hydrogen) atoms. The fourth-order valence-electron chi connectivity index (χ4n) is 3.84. The predicted octanol–water partition coefficient (Wildman–Crippen LogP) is 6.77. The van der Waals surface area contributed by atoms with Gasteiger partial charge in [-0.05, 0) is 42.0 Å². The van der Waals surface area contributed by atoms with Crippen LogP contribution in [0.25, 0.3) is 10.9 Å². The van der Waals surface area contributed by atoms with Crippen LogP contribution in [0.1, 0.15) is 45.0 Å². The lowest BCUT2D eigenvalue weighted by Crippen LogP contribution is -2.55. The van der Waals surface area contributed by atoms with Gasteiger partial charge in [-0.25, -0.2) is 17.6 Å². The third-order valence-electron chi connectivity index (χ3n) is 5.92. The summed E-state index contributed by atoms with van der Waals surface area (Å²) in [5.41, 5.74) is -1.24. The van der Waals surface area contributed by atoms with Crippen LogP contribution < -0.4 is 10.1 Å². The van der Waals surface area contributed by atoms with Crippen LogP contribution in [0.3, 0.4) is 0 Å². The molecule has 2 aromatic carbocycles. The highest BCUT2D eigenvalue weighted by Gasteiger charge is 2.55. The number of aliphatic hydroxyl groups is 1. The topological polar surface area (TPSA) is 54.4 Å². The lowest BCUT2D eigenvalue weighted by Gasteiger charge is -2.41. The fourth-order valence-corrected chi connectivity index (χ4v) is 4.85. The second-order valence-electron chi connectivity index (χ2n) is 8.76. The van der Waals surface area contributed by atoms with E-state index < -0.39 is 40.7 Å². The summed E-state index contributed by atoms with van der Waals surface area (Å²) in [5.74, 6) is -6.90. The number of pyridine rings is 1. The Bertz CT molecular complexity index is 1190. The lowest BCUT2D eigenvalue weighted by molar-refractivity contribution is -0.165. The number of fused-ring (bicyclic) bond motifs is 1. The molecule has 2 atom stereocenters. The summed E-state index contributed by atoms with van der Waals surface area (Å²) in [6.45, 7) is 6.18. The van der Waals surface area contributed by atoms with Crippen molar-refractivity contribution >= 4 is 28.4 Å². The number of methoxy groups -OCH3 is 1. The van der Waals surface area contributed by atoms with Gasteiger partial charge in [0.25, 0.3) is 5.92 Å². The van der Waals surface area contributed by atoms with Crippen LogP contribution in [-0.4, -0.2) is 39.7 Å². The molecule has 0 fully saturated rings. The van der Waals surface area contributed by atoms with E-state index in [0.717, 1.165) is 36.7 Å². The van der Waals surface area contributed by atoms with Crippen LogP contribution in [0.15, 0.2) is 42.5 Å². The first-order valence-electron chi connectivity index (χ1n) is 11.3. The molecule has 0 amide bonds. The summed E-state index contributed by atoms with van der Waals surface area (Å²) in [7, 11) is 1.09. The first-order chi connectivity index (χ1) is 16.4. The average Bonchev–Trinajstić information content (AvgIpc) is 2.80. The number of ether oxygens (including phenoxy) is 1. The maximum Gasteiger partial charge on any atom is 0.276 e. The Hall–Kier alpha value is -2.52. The van der Waals surface area contributed by atoms with E-state index in [1.807, 2.05) is 26.8 Å². The van der Waals surface area contributed by atoms with Crippen LogP contribution in [0, 0.1) is 11.6 Å². The number of alkyl halides is 2. The van der Waals surface area contributed by atoms with Crippen molar-refractivity contribution in [2.75, 3.05) is 18.2 Å². The van der Waals surface area contributed by atoms with Crippen LogP contribution in [0.4, 0.5) is 23.2 Å². The van der Waals surface area contributed by atoms with Gasteiger partial charge in [0.2, 0.25) is 0 Å². The Labute approximate surface area is 207 Å². The maximum atomic E-state index is 15.4. The van der Waals surface area contributed by atoms with E-state index in [-0.39, 0.29) is 10.8 Å². The Balaban J connectivity index is 2.24. The summed E-state index contributed by atoms with van der Waals surface area (Å²) in [6.07, 6.45) is 0.713. The Kier molecular flexibility index (Phi) is 8.21. The van der Waals surface area contributed by atoms with E-state index in [1.54, 1.807) is 24.3 Å². The van der Waals surface area contributed by atoms with E-state index in [1.165, 1.54) is 0 Å². The van der Waals surface area contributed by atoms with Gasteiger partial charge in [-0.15, -0.1) is 0 Å². The molecule has 0 saturated heterocycles. The molecule has 0 saturated carbocycles. The Morgan fingerprint density at radius 2 is 1.83 bits per heavy atom. The molecule has 0 aliphatic carbocycles. The van der Waals surface area contributed by atoms with E-state index in [2.05, 4.69) is 10.3 Å². The Morgan fingerprint density at radius 1 is 1.11 bits per heavy atom. The van der Waals surface area contributed by atoms with Crippen molar-refractivity contribution in [3.63, 3.8) is 0 Å². The molecule has 4 nitrogen and oxygen atoms in total. The number of hydrogen-bond acceptors (Lipinski definition) is 5. The molecule has 3 rings (SSSR count). The number of halogens is 4. The smallest absolute Gasteiger partial charge is 0.276 e. The third kappa shape index (κ3) is 5.51. The zero-order chi connectivity index (χ0) is 26.0. The first-order valence-corrected chi connectivity index (χ1v) is 12.4. The van der Waals surface area contributed by atoms with Gasteiger partial charge in [0.05, 0.1) is 18.7 Å². The average molecular weight is 511 g/mol. The predicted molar refractivity (Wildman–Crippen MR) is 134 cm³/mol. The summed E-state index contributed by atoms with van der Waals surface area (Å²) >= 11 is 1.12. The number of thioether (sulfide) groups is 1. The van der Waals surface area contributed by atoms with Gasteiger partial charge < -0.3 is 15.2 Å². The molecule has 3 aromatic rings. The molecule has 0 bridgehead atoms. The van der Waals surface area contributed by atoms with Crippen molar-refractivity contribution in [2.45, 2.75) is 56.9 Å². The molecule has 0 spiro atoms. The maximum absolute atomic E-state index is 15.4.